The number of amides is 1. The van der Waals surface area contributed by atoms with Crippen molar-refractivity contribution in [3.05, 3.63) is 28.0 Å². The predicted molar refractivity (Wildman–Crippen MR) is 78.3 cm³/mol. The van der Waals surface area contributed by atoms with E-state index in [-0.39, 0.29) is 24.7 Å². The number of rotatable bonds is 4. The molecule has 6 nitrogen and oxygen atoms in total. The van der Waals surface area contributed by atoms with Crippen LogP contribution in [0.15, 0.2) is 17.5 Å². The van der Waals surface area contributed by atoms with Crippen LogP contribution in [0.2, 0.25) is 0 Å². The molecule has 1 amide bonds. The summed E-state index contributed by atoms with van der Waals surface area (Å²) in [5, 5.41) is 19.6. The summed E-state index contributed by atoms with van der Waals surface area (Å²) in [6, 6.07) is 1.71. The molecule has 0 bridgehead atoms. The van der Waals surface area contributed by atoms with E-state index in [1.807, 2.05) is 6.92 Å². The third kappa shape index (κ3) is 3.90. The number of carboxylic acids is 1. The van der Waals surface area contributed by atoms with Crippen LogP contribution in [0, 0.1) is 0 Å². The molecule has 1 aliphatic rings. The van der Waals surface area contributed by atoms with Crippen LogP contribution in [-0.2, 0) is 9.53 Å². The number of hydrogen-bond acceptors (Lipinski definition) is 5. The first-order valence-electron chi connectivity index (χ1n) is 6.55. The molecule has 2 N–H and O–H groups in total. The lowest BCUT2D eigenvalue weighted by Crippen LogP contribution is -2.50. The fourth-order valence-electron chi connectivity index (χ4n) is 2.24. The quantitative estimate of drug-likeness (QED) is 0.812. The van der Waals surface area contributed by atoms with E-state index in [4.69, 9.17) is 9.84 Å². The molecule has 0 aliphatic carbocycles. The largest absolute Gasteiger partial charge is 0.478 e. The van der Waals surface area contributed by atoms with Crippen molar-refractivity contribution in [2.24, 2.45) is 0 Å². The number of aliphatic carboxylic acids is 1. The van der Waals surface area contributed by atoms with Gasteiger partial charge in [0.05, 0.1) is 23.7 Å². The maximum Gasteiger partial charge on any atom is 0.328 e. The van der Waals surface area contributed by atoms with Crippen LogP contribution in [-0.4, -0.2) is 58.9 Å². The molecule has 114 valence electrons. The van der Waals surface area contributed by atoms with Crippen LogP contribution >= 0.6 is 11.3 Å². The molecule has 1 saturated heterocycles. The van der Waals surface area contributed by atoms with Crippen molar-refractivity contribution < 1.29 is 24.5 Å². The van der Waals surface area contributed by atoms with Gasteiger partial charge in [-0.1, -0.05) is 0 Å². The fourth-order valence-corrected chi connectivity index (χ4v) is 3.09. The molecule has 1 aliphatic heterocycles. The molecule has 0 spiro atoms. The predicted octanol–water partition coefficient (Wildman–Crippen LogP) is 1.07. The van der Waals surface area contributed by atoms with Gasteiger partial charge in [-0.3, -0.25) is 4.79 Å². The molecule has 1 aromatic rings. The molecule has 21 heavy (non-hydrogen) atoms. The molecular formula is C14H17NO5S. The van der Waals surface area contributed by atoms with Crippen molar-refractivity contribution in [3.8, 4) is 0 Å². The van der Waals surface area contributed by atoms with Crippen LogP contribution < -0.4 is 0 Å². The van der Waals surface area contributed by atoms with Gasteiger partial charge in [0.1, 0.15) is 0 Å². The second-order valence-electron chi connectivity index (χ2n) is 4.84. The van der Waals surface area contributed by atoms with Gasteiger partial charge < -0.3 is 19.8 Å². The van der Waals surface area contributed by atoms with Gasteiger partial charge in [-0.2, -0.15) is 0 Å². The molecule has 2 heterocycles. The van der Waals surface area contributed by atoms with Gasteiger partial charge in [-0.25, -0.2) is 4.79 Å². The van der Waals surface area contributed by atoms with Gasteiger partial charge >= 0.3 is 5.97 Å². The molecule has 7 heteroatoms. The molecule has 2 atom stereocenters. The zero-order valence-corrected chi connectivity index (χ0v) is 12.4. The zero-order valence-electron chi connectivity index (χ0n) is 11.6. The number of carbonyl (C=O) groups excluding carboxylic acids is 1. The van der Waals surface area contributed by atoms with Crippen molar-refractivity contribution in [2.75, 3.05) is 19.7 Å². The number of hydrogen-bond donors (Lipinski definition) is 2. The first-order valence-corrected chi connectivity index (χ1v) is 7.43. The van der Waals surface area contributed by atoms with Gasteiger partial charge in [-0.05, 0) is 30.0 Å². The standard InChI is InChI=1S/C14H17NO5S/c1-9-6-15(7-11(8-16)20-9)14(19)13-10(4-5-21-13)2-3-12(17)18/h2-5,9,11,16H,6-8H2,1H3,(H,17,18)/b3-2+. The summed E-state index contributed by atoms with van der Waals surface area (Å²) in [4.78, 5) is 25.3. The minimum absolute atomic E-state index is 0.135. The third-order valence-electron chi connectivity index (χ3n) is 3.11. The number of aliphatic hydroxyl groups is 1. The number of thiophene rings is 1. The molecule has 0 radical (unpaired) electrons. The first-order chi connectivity index (χ1) is 10.0. The third-order valence-corrected chi connectivity index (χ3v) is 4.03. The van der Waals surface area contributed by atoms with Gasteiger partial charge in [0.15, 0.2) is 0 Å². The Morgan fingerprint density at radius 3 is 2.95 bits per heavy atom. The lowest BCUT2D eigenvalue weighted by molar-refractivity contribution is -0.131. The minimum Gasteiger partial charge on any atom is -0.478 e. The van der Waals surface area contributed by atoms with E-state index in [2.05, 4.69) is 0 Å². The highest BCUT2D eigenvalue weighted by molar-refractivity contribution is 7.12. The van der Waals surface area contributed by atoms with Crippen molar-refractivity contribution in [3.63, 3.8) is 0 Å². The van der Waals surface area contributed by atoms with E-state index >= 15 is 0 Å². The van der Waals surface area contributed by atoms with Crippen molar-refractivity contribution in [1.29, 1.82) is 0 Å². The Morgan fingerprint density at radius 1 is 1.52 bits per heavy atom. The van der Waals surface area contributed by atoms with Gasteiger partial charge in [0.2, 0.25) is 0 Å². The number of nitrogens with zero attached hydrogens (tertiary/aromatic N) is 1. The Balaban J connectivity index is 2.16. The zero-order chi connectivity index (χ0) is 15.4. The molecular weight excluding hydrogens is 294 g/mol. The first kappa shape index (κ1) is 15.7. The highest BCUT2D eigenvalue weighted by Crippen LogP contribution is 2.22. The van der Waals surface area contributed by atoms with E-state index in [1.165, 1.54) is 17.4 Å². The summed E-state index contributed by atoms with van der Waals surface area (Å²) < 4.78 is 5.51. The average Bonchev–Trinajstić information content (AvgIpc) is 2.91. The second kappa shape index (κ2) is 6.84. The monoisotopic (exact) mass is 311 g/mol. The SMILES string of the molecule is CC1CN(C(=O)c2sccc2/C=C/C(=O)O)CC(CO)O1. The van der Waals surface area contributed by atoms with Gasteiger partial charge in [0.25, 0.3) is 5.91 Å². The summed E-state index contributed by atoms with van der Waals surface area (Å²) in [5.41, 5.74) is 0.590. The van der Waals surface area contributed by atoms with Crippen LogP contribution in [0.5, 0.6) is 0 Å². The fraction of sp³-hybridized carbons (Fsp3) is 0.429. The Labute approximate surface area is 126 Å². The molecule has 1 fully saturated rings. The van der Waals surface area contributed by atoms with Crippen molar-refractivity contribution in [1.82, 2.24) is 4.90 Å². The Hall–Kier alpha value is -1.70. The average molecular weight is 311 g/mol. The normalized spacial score (nSPS) is 22.7. The Morgan fingerprint density at radius 2 is 2.29 bits per heavy atom. The van der Waals surface area contributed by atoms with E-state index in [9.17, 15) is 14.7 Å². The number of carbonyl (C=O) groups is 2. The molecule has 1 aromatic heterocycles. The van der Waals surface area contributed by atoms with E-state index < -0.39 is 5.97 Å². The topological polar surface area (TPSA) is 87.1 Å². The number of aliphatic hydroxyl groups excluding tert-OH is 1. The summed E-state index contributed by atoms with van der Waals surface area (Å²) in [7, 11) is 0. The number of morpholine rings is 1. The smallest absolute Gasteiger partial charge is 0.328 e. The van der Waals surface area contributed by atoms with Crippen molar-refractivity contribution in [2.45, 2.75) is 19.1 Å². The summed E-state index contributed by atoms with van der Waals surface area (Å²) in [5.74, 6) is -1.22. The van der Waals surface area contributed by atoms with Gasteiger partial charge in [0, 0.05) is 19.2 Å². The Bertz CT molecular complexity index is 553. The maximum atomic E-state index is 12.6. The molecule has 2 rings (SSSR count). The Kier molecular flexibility index (Phi) is 5.11. The van der Waals surface area contributed by atoms with E-state index in [0.717, 1.165) is 6.08 Å². The summed E-state index contributed by atoms with van der Waals surface area (Å²) in [6.45, 7) is 2.50. The highest BCUT2D eigenvalue weighted by atomic mass is 32.1. The molecule has 2 unspecified atom stereocenters. The van der Waals surface area contributed by atoms with Crippen LogP contribution in [0.4, 0.5) is 0 Å². The van der Waals surface area contributed by atoms with Crippen LogP contribution in [0.1, 0.15) is 22.2 Å². The lowest BCUT2D eigenvalue weighted by Gasteiger charge is -2.36. The van der Waals surface area contributed by atoms with E-state index in [0.29, 0.717) is 23.5 Å². The highest BCUT2D eigenvalue weighted by Gasteiger charge is 2.29. The van der Waals surface area contributed by atoms with Crippen molar-refractivity contribution >= 4 is 29.3 Å². The molecule has 0 saturated carbocycles. The minimum atomic E-state index is -1.06. The van der Waals surface area contributed by atoms with E-state index in [1.54, 1.807) is 16.3 Å². The maximum absolute atomic E-state index is 12.6. The summed E-state index contributed by atoms with van der Waals surface area (Å²) in [6.07, 6.45) is 1.91. The molecule has 0 aromatic carbocycles. The number of ether oxygens (including phenoxy) is 1. The second-order valence-corrected chi connectivity index (χ2v) is 5.75. The number of carboxylic acid groups (broad SMARTS) is 1. The lowest BCUT2D eigenvalue weighted by atomic mass is 10.1. The summed E-state index contributed by atoms with van der Waals surface area (Å²) >= 11 is 1.27. The van der Waals surface area contributed by atoms with Gasteiger partial charge in [-0.15, -0.1) is 11.3 Å². The van der Waals surface area contributed by atoms with Crippen LogP contribution in [0.25, 0.3) is 6.08 Å². The van der Waals surface area contributed by atoms with Crippen LogP contribution in [0.3, 0.4) is 0 Å².